The van der Waals surface area contributed by atoms with E-state index in [9.17, 15) is 4.79 Å². The zero-order chi connectivity index (χ0) is 33.8. The molecule has 1 aliphatic rings. The maximum absolute atomic E-state index is 14.5. The van der Waals surface area contributed by atoms with Gasteiger partial charge in [-0.25, -0.2) is 10.4 Å². The zero-order valence-electron chi connectivity index (χ0n) is 26.5. The number of amides is 1. The van der Waals surface area contributed by atoms with Gasteiger partial charge < -0.3 is 19.3 Å². The maximum Gasteiger partial charge on any atom is 0.266 e. The Morgan fingerprint density at radius 1 is 1.04 bits per heavy atom. The molecule has 0 spiro atoms. The molecule has 0 aromatic heterocycles. The summed E-state index contributed by atoms with van der Waals surface area (Å²) in [6.45, 7) is 0.972. The molecule has 248 valence electrons. The number of carbonyl (C=O) groups is 1. The number of aliphatic imine (C=N–C) groups is 1. The largest absolute Gasteiger partial charge is 0.497 e. The average molecular weight is 714 g/mol. The highest BCUT2D eigenvalue weighted by atomic mass is 79.9. The summed E-state index contributed by atoms with van der Waals surface area (Å²) in [5.74, 6) is 1.32. The number of carbonyl (C=O) groups excluding carboxylic acids is 1. The predicted molar refractivity (Wildman–Crippen MR) is 187 cm³/mol. The van der Waals surface area contributed by atoms with Crippen LogP contribution in [0.2, 0.25) is 0 Å². The Morgan fingerprint density at radius 3 is 2.58 bits per heavy atom. The minimum absolute atomic E-state index is 0.0453. The summed E-state index contributed by atoms with van der Waals surface area (Å²) in [4.78, 5) is 22.6. The van der Waals surface area contributed by atoms with E-state index >= 15 is 0 Å². The summed E-state index contributed by atoms with van der Waals surface area (Å²) in [6, 6.07) is 30.2. The molecular formula is C36H37BrN6O5. The normalized spacial score (nSPS) is 16.7. The van der Waals surface area contributed by atoms with Gasteiger partial charge in [0, 0.05) is 40.9 Å². The van der Waals surface area contributed by atoms with E-state index in [2.05, 4.69) is 36.8 Å². The molecule has 1 amide bonds. The summed E-state index contributed by atoms with van der Waals surface area (Å²) >= 11 is 3.51. The summed E-state index contributed by atoms with van der Waals surface area (Å²) in [5.41, 5.74) is 17.7. The SMILES string of the molecule is COc1cccc(CCNNC(=O)[C@@]2(Cc3ccc(Br)cc3)N=C(c3ccc(OCCCO)cc3)O[C@H]2c2ccccc2CN=[N+]=[N-])c1. The van der Waals surface area contributed by atoms with Gasteiger partial charge in [-0.3, -0.25) is 10.2 Å². The van der Waals surface area contributed by atoms with Gasteiger partial charge in [-0.05, 0) is 82.7 Å². The van der Waals surface area contributed by atoms with E-state index in [1.807, 2.05) is 84.9 Å². The molecule has 12 heteroatoms. The van der Waals surface area contributed by atoms with Gasteiger partial charge in [0.2, 0.25) is 5.90 Å². The van der Waals surface area contributed by atoms with Crippen molar-refractivity contribution >= 4 is 27.7 Å². The first-order chi connectivity index (χ1) is 23.5. The number of hydrogen-bond acceptors (Lipinski definition) is 8. The first kappa shape index (κ1) is 34.5. The lowest BCUT2D eigenvalue weighted by atomic mass is 9.81. The third kappa shape index (κ3) is 8.53. The number of azide groups is 1. The monoisotopic (exact) mass is 712 g/mol. The van der Waals surface area contributed by atoms with Crippen LogP contribution < -0.4 is 20.3 Å². The standard InChI is InChI=1S/C36H37BrN6O5/c1-46-31-8-4-6-25(22-31)18-19-39-42-35(45)36(23-26-10-14-29(37)15-11-26)33(32-9-3-2-7-28(32)24-40-43-38)48-34(41-36)27-12-16-30(17-13-27)47-21-5-20-44/h2-4,6-17,22,33,39,44H,5,18-21,23-24H2,1H3,(H,42,45)/t33-,36-/m0/s1. The van der Waals surface area contributed by atoms with E-state index in [-0.39, 0.29) is 25.5 Å². The molecule has 0 unspecified atom stereocenters. The van der Waals surface area contributed by atoms with Crippen LogP contribution in [0.15, 0.2) is 112 Å². The van der Waals surface area contributed by atoms with Crippen molar-refractivity contribution in [3.05, 3.63) is 140 Å². The number of nitrogens with one attached hydrogen (secondary N) is 2. The van der Waals surface area contributed by atoms with Crippen molar-refractivity contribution in [1.29, 1.82) is 0 Å². The van der Waals surface area contributed by atoms with Crippen LogP contribution in [-0.2, 0) is 28.9 Å². The lowest BCUT2D eigenvalue weighted by molar-refractivity contribution is -0.130. The van der Waals surface area contributed by atoms with Gasteiger partial charge in [0.1, 0.15) is 11.5 Å². The molecule has 11 nitrogen and oxygen atoms in total. The fourth-order valence-corrected chi connectivity index (χ4v) is 5.76. The summed E-state index contributed by atoms with van der Waals surface area (Å²) in [7, 11) is 1.63. The Labute approximate surface area is 287 Å². The van der Waals surface area contributed by atoms with Crippen LogP contribution in [-0.4, -0.2) is 49.3 Å². The third-order valence-corrected chi connectivity index (χ3v) is 8.46. The molecule has 0 aliphatic carbocycles. The number of rotatable bonds is 16. The van der Waals surface area contributed by atoms with Crippen molar-refractivity contribution in [2.45, 2.75) is 37.5 Å². The van der Waals surface area contributed by atoms with Crippen molar-refractivity contribution < 1.29 is 24.1 Å². The predicted octanol–water partition coefficient (Wildman–Crippen LogP) is 6.39. The molecule has 5 rings (SSSR count). The fourth-order valence-electron chi connectivity index (χ4n) is 5.50. The molecule has 0 fully saturated rings. The molecule has 3 N–H and O–H groups in total. The van der Waals surface area contributed by atoms with Gasteiger partial charge in [0.05, 0.1) is 20.3 Å². The number of ether oxygens (including phenoxy) is 3. The van der Waals surface area contributed by atoms with Gasteiger partial charge in [-0.15, -0.1) is 0 Å². The number of aliphatic hydroxyl groups is 1. The molecule has 2 atom stereocenters. The number of nitrogens with zero attached hydrogens (tertiary/aromatic N) is 4. The number of halogens is 1. The molecule has 1 aliphatic heterocycles. The molecule has 48 heavy (non-hydrogen) atoms. The molecule has 4 aromatic rings. The Hall–Kier alpha value is -4.87. The smallest absolute Gasteiger partial charge is 0.266 e. The average Bonchev–Trinajstić information content (AvgIpc) is 3.50. The second-order valence-electron chi connectivity index (χ2n) is 11.2. The molecule has 4 aromatic carbocycles. The van der Waals surface area contributed by atoms with Crippen molar-refractivity contribution in [3.63, 3.8) is 0 Å². The van der Waals surface area contributed by atoms with Crippen LogP contribution in [0.3, 0.4) is 0 Å². The fraction of sp³-hybridized carbons (Fsp3) is 0.278. The Balaban J connectivity index is 1.51. The van der Waals surface area contributed by atoms with Crippen LogP contribution in [0, 0.1) is 0 Å². The molecule has 1 heterocycles. The second-order valence-corrected chi connectivity index (χ2v) is 12.1. The highest BCUT2D eigenvalue weighted by Crippen LogP contribution is 2.44. The molecule has 0 bridgehead atoms. The van der Waals surface area contributed by atoms with E-state index in [1.165, 1.54) is 0 Å². The lowest BCUT2D eigenvalue weighted by Crippen LogP contribution is -2.54. The number of hydrazine groups is 1. The van der Waals surface area contributed by atoms with Gasteiger partial charge >= 0.3 is 0 Å². The third-order valence-electron chi connectivity index (χ3n) is 7.93. The first-order valence-electron chi connectivity index (χ1n) is 15.6. The Bertz CT molecular complexity index is 1760. The molecule has 0 saturated carbocycles. The van der Waals surface area contributed by atoms with Crippen LogP contribution in [0.1, 0.15) is 40.3 Å². The Kier molecular flexibility index (Phi) is 12.1. The van der Waals surface area contributed by atoms with E-state index in [0.29, 0.717) is 48.8 Å². The molecule has 0 saturated heterocycles. The highest BCUT2D eigenvalue weighted by molar-refractivity contribution is 9.10. The van der Waals surface area contributed by atoms with Gasteiger partial charge in [0.25, 0.3) is 5.91 Å². The van der Waals surface area contributed by atoms with Crippen molar-refractivity contribution in [3.8, 4) is 11.5 Å². The van der Waals surface area contributed by atoms with E-state index in [0.717, 1.165) is 26.9 Å². The number of methoxy groups -OCH3 is 1. The summed E-state index contributed by atoms with van der Waals surface area (Å²) < 4.78 is 18.6. The van der Waals surface area contributed by atoms with Crippen LogP contribution in [0.25, 0.3) is 10.4 Å². The molecule has 0 radical (unpaired) electrons. The second kappa shape index (κ2) is 16.8. The quantitative estimate of drug-likeness (QED) is 0.0403. The van der Waals surface area contributed by atoms with Gasteiger partial charge in [-0.1, -0.05) is 69.6 Å². The number of aliphatic hydroxyl groups excluding tert-OH is 1. The highest BCUT2D eigenvalue weighted by Gasteiger charge is 2.53. The van der Waals surface area contributed by atoms with E-state index < -0.39 is 11.6 Å². The summed E-state index contributed by atoms with van der Waals surface area (Å²) in [5, 5.41) is 12.9. The molecular weight excluding hydrogens is 676 g/mol. The number of benzene rings is 4. The topological polar surface area (TPSA) is 150 Å². The van der Waals surface area contributed by atoms with Gasteiger partial charge in [0.15, 0.2) is 11.6 Å². The van der Waals surface area contributed by atoms with Gasteiger partial charge in [-0.2, -0.15) is 0 Å². The van der Waals surface area contributed by atoms with E-state index in [1.54, 1.807) is 19.2 Å². The summed E-state index contributed by atoms with van der Waals surface area (Å²) in [6.07, 6.45) is 0.529. The number of hydrogen-bond donors (Lipinski definition) is 3. The van der Waals surface area contributed by atoms with Crippen molar-refractivity contribution in [2.24, 2.45) is 10.1 Å². The van der Waals surface area contributed by atoms with Crippen LogP contribution in [0.5, 0.6) is 11.5 Å². The van der Waals surface area contributed by atoms with Crippen LogP contribution >= 0.6 is 15.9 Å². The maximum atomic E-state index is 14.5. The van der Waals surface area contributed by atoms with Crippen LogP contribution in [0.4, 0.5) is 0 Å². The van der Waals surface area contributed by atoms with Crippen molar-refractivity contribution in [1.82, 2.24) is 10.9 Å². The minimum atomic E-state index is -1.45. The zero-order valence-corrected chi connectivity index (χ0v) is 28.1. The van der Waals surface area contributed by atoms with E-state index in [4.69, 9.17) is 29.8 Å². The minimum Gasteiger partial charge on any atom is -0.497 e. The Morgan fingerprint density at radius 2 is 1.83 bits per heavy atom. The van der Waals surface area contributed by atoms with Crippen molar-refractivity contribution in [2.75, 3.05) is 26.9 Å². The first-order valence-corrected chi connectivity index (χ1v) is 16.3. The lowest BCUT2D eigenvalue weighted by Gasteiger charge is -2.32.